The highest BCUT2D eigenvalue weighted by Gasteiger charge is 2.28. The molecule has 0 radical (unpaired) electrons. The molecule has 2 N–H and O–H groups in total. The first-order valence-corrected chi connectivity index (χ1v) is 6.07. The molecule has 0 atom stereocenters. The second kappa shape index (κ2) is 4.43. The molecule has 1 aliphatic heterocycles. The Hall–Kier alpha value is -1.45. The quantitative estimate of drug-likeness (QED) is 0.854. The fraction of sp³-hybridized carbons (Fsp3) is 0.615. The van der Waals surface area contributed by atoms with Crippen LogP contribution < -0.4 is 15.4 Å². The van der Waals surface area contributed by atoms with E-state index >= 15 is 0 Å². The first-order valence-electron chi connectivity index (χ1n) is 6.07. The number of nitrogens with zero attached hydrogens (tertiary/aromatic N) is 2. The van der Waals surface area contributed by atoms with Crippen LogP contribution in [0.15, 0.2) is 12.1 Å². The van der Waals surface area contributed by atoms with E-state index in [0.29, 0.717) is 11.3 Å². The van der Waals surface area contributed by atoms with E-state index < -0.39 is 0 Å². The van der Waals surface area contributed by atoms with Gasteiger partial charge in [0.25, 0.3) is 0 Å². The molecule has 0 bridgehead atoms. The van der Waals surface area contributed by atoms with Crippen molar-refractivity contribution in [3.63, 3.8) is 0 Å². The average molecular weight is 235 g/mol. The zero-order valence-electron chi connectivity index (χ0n) is 10.9. The summed E-state index contributed by atoms with van der Waals surface area (Å²) in [5.74, 6) is 1.48. The van der Waals surface area contributed by atoms with Gasteiger partial charge in [0.1, 0.15) is 0 Å². The van der Waals surface area contributed by atoms with Crippen molar-refractivity contribution in [2.45, 2.75) is 26.7 Å². The number of hydrogen-bond acceptors (Lipinski definition) is 4. The molecule has 0 aromatic carbocycles. The van der Waals surface area contributed by atoms with Crippen LogP contribution in [0.4, 0.5) is 11.5 Å². The van der Waals surface area contributed by atoms with Crippen LogP contribution in [0.25, 0.3) is 0 Å². The molecule has 0 saturated carbocycles. The van der Waals surface area contributed by atoms with Crippen LogP contribution in [-0.2, 0) is 0 Å². The Balaban J connectivity index is 2.26. The van der Waals surface area contributed by atoms with Crippen LogP contribution in [0.5, 0.6) is 5.88 Å². The molecule has 1 saturated heterocycles. The van der Waals surface area contributed by atoms with Crippen molar-refractivity contribution in [3.05, 3.63) is 12.1 Å². The highest BCUT2D eigenvalue weighted by Crippen LogP contribution is 2.33. The number of methoxy groups -OCH3 is 1. The minimum Gasteiger partial charge on any atom is -0.481 e. The minimum atomic E-state index is 0.329. The lowest BCUT2D eigenvalue weighted by Gasteiger charge is -2.39. The van der Waals surface area contributed by atoms with Gasteiger partial charge in [-0.2, -0.15) is 4.98 Å². The SMILES string of the molecule is COc1ccc(N)c(N2CCCC(C)(C)C2)n1. The summed E-state index contributed by atoms with van der Waals surface area (Å²) in [5.41, 5.74) is 7.06. The van der Waals surface area contributed by atoms with Gasteiger partial charge >= 0.3 is 0 Å². The summed E-state index contributed by atoms with van der Waals surface area (Å²) in [4.78, 5) is 6.72. The van der Waals surface area contributed by atoms with E-state index in [1.54, 1.807) is 13.2 Å². The summed E-state index contributed by atoms with van der Waals surface area (Å²) >= 11 is 0. The largest absolute Gasteiger partial charge is 0.481 e. The summed E-state index contributed by atoms with van der Waals surface area (Å²) in [5, 5.41) is 0. The van der Waals surface area contributed by atoms with E-state index in [-0.39, 0.29) is 0 Å². The molecule has 0 spiro atoms. The summed E-state index contributed by atoms with van der Waals surface area (Å²) in [6, 6.07) is 3.66. The third-order valence-electron chi connectivity index (χ3n) is 3.29. The first-order chi connectivity index (χ1) is 8.02. The lowest BCUT2D eigenvalue weighted by molar-refractivity contribution is 0.291. The third-order valence-corrected chi connectivity index (χ3v) is 3.29. The van der Waals surface area contributed by atoms with Crippen LogP contribution in [0.2, 0.25) is 0 Å². The van der Waals surface area contributed by atoms with Crippen LogP contribution in [0, 0.1) is 5.41 Å². The predicted octanol–water partition coefficient (Wildman–Crippen LogP) is 2.30. The number of piperidine rings is 1. The number of aromatic nitrogens is 1. The topological polar surface area (TPSA) is 51.4 Å². The van der Waals surface area contributed by atoms with Crippen LogP contribution in [0.3, 0.4) is 0 Å². The molecule has 1 fully saturated rings. The van der Waals surface area contributed by atoms with E-state index in [1.165, 1.54) is 12.8 Å². The van der Waals surface area contributed by atoms with Crippen molar-refractivity contribution < 1.29 is 4.74 Å². The monoisotopic (exact) mass is 235 g/mol. The number of nitrogen functional groups attached to an aromatic ring is 1. The number of pyridine rings is 1. The minimum absolute atomic E-state index is 0.329. The van der Waals surface area contributed by atoms with Crippen molar-refractivity contribution in [2.24, 2.45) is 5.41 Å². The molecule has 0 aliphatic carbocycles. The molecule has 2 rings (SSSR count). The first kappa shape index (κ1) is 12.0. The van der Waals surface area contributed by atoms with Gasteiger partial charge in [0.05, 0.1) is 12.8 Å². The molecule has 94 valence electrons. The average Bonchev–Trinajstić information content (AvgIpc) is 2.28. The van der Waals surface area contributed by atoms with Crippen LogP contribution in [-0.4, -0.2) is 25.2 Å². The van der Waals surface area contributed by atoms with E-state index in [1.807, 2.05) is 6.07 Å². The molecule has 4 heteroatoms. The van der Waals surface area contributed by atoms with Crippen molar-refractivity contribution in [1.29, 1.82) is 0 Å². The Morgan fingerprint density at radius 3 is 2.82 bits per heavy atom. The third kappa shape index (κ3) is 2.62. The molecule has 2 heterocycles. The molecule has 1 aliphatic rings. The van der Waals surface area contributed by atoms with Crippen molar-refractivity contribution >= 4 is 11.5 Å². The Morgan fingerprint density at radius 1 is 1.41 bits per heavy atom. The maximum atomic E-state index is 6.00. The molecular weight excluding hydrogens is 214 g/mol. The number of anilines is 2. The van der Waals surface area contributed by atoms with Crippen molar-refractivity contribution in [1.82, 2.24) is 4.98 Å². The van der Waals surface area contributed by atoms with E-state index in [4.69, 9.17) is 10.5 Å². The van der Waals surface area contributed by atoms with E-state index in [9.17, 15) is 0 Å². The maximum absolute atomic E-state index is 6.00. The summed E-state index contributed by atoms with van der Waals surface area (Å²) in [7, 11) is 1.63. The van der Waals surface area contributed by atoms with Crippen molar-refractivity contribution in [2.75, 3.05) is 30.8 Å². The second-order valence-corrected chi connectivity index (χ2v) is 5.46. The van der Waals surface area contributed by atoms with Gasteiger partial charge in [0, 0.05) is 19.2 Å². The maximum Gasteiger partial charge on any atom is 0.215 e. The molecule has 0 unspecified atom stereocenters. The number of rotatable bonds is 2. The Bertz CT molecular complexity index is 404. The normalized spacial score (nSPS) is 19.1. The summed E-state index contributed by atoms with van der Waals surface area (Å²) < 4.78 is 5.16. The smallest absolute Gasteiger partial charge is 0.215 e. The van der Waals surface area contributed by atoms with Gasteiger partial charge in [0.15, 0.2) is 5.82 Å². The number of hydrogen-bond donors (Lipinski definition) is 1. The predicted molar refractivity (Wildman–Crippen MR) is 70.4 cm³/mol. The zero-order valence-corrected chi connectivity index (χ0v) is 10.9. The van der Waals surface area contributed by atoms with Gasteiger partial charge in [0.2, 0.25) is 5.88 Å². The van der Waals surface area contributed by atoms with Crippen molar-refractivity contribution in [3.8, 4) is 5.88 Å². The van der Waals surface area contributed by atoms with E-state index in [2.05, 4.69) is 23.7 Å². The van der Waals surface area contributed by atoms with Gasteiger partial charge in [-0.3, -0.25) is 0 Å². The Morgan fingerprint density at radius 2 is 2.18 bits per heavy atom. The zero-order chi connectivity index (χ0) is 12.5. The molecule has 1 aromatic rings. The number of nitrogens with two attached hydrogens (primary N) is 1. The van der Waals surface area contributed by atoms with E-state index in [0.717, 1.165) is 24.6 Å². The fourth-order valence-corrected chi connectivity index (χ4v) is 2.41. The van der Waals surface area contributed by atoms with Gasteiger partial charge in [-0.05, 0) is 24.3 Å². The second-order valence-electron chi connectivity index (χ2n) is 5.46. The molecule has 17 heavy (non-hydrogen) atoms. The lowest BCUT2D eigenvalue weighted by Crippen LogP contribution is -2.40. The van der Waals surface area contributed by atoms with Crippen LogP contribution in [0.1, 0.15) is 26.7 Å². The lowest BCUT2D eigenvalue weighted by atomic mass is 9.84. The molecule has 4 nitrogen and oxygen atoms in total. The van der Waals surface area contributed by atoms with Crippen LogP contribution >= 0.6 is 0 Å². The van der Waals surface area contributed by atoms with Gasteiger partial charge in [-0.15, -0.1) is 0 Å². The highest BCUT2D eigenvalue weighted by molar-refractivity contribution is 5.63. The summed E-state index contributed by atoms with van der Waals surface area (Å²) in [6.45, 7) is 6.59. The van der Waals surface area contributed by atoms with Gasteiger partial charge < -0.3 is 15.4 Å². The standard InChI is InChI=1S/C13H21N3O/c1-13(2)7-4-8-16(9-13)12-10(14)5-6-11(15-12)17-3/h5-6H,4,7-9,14H2,1-3H3. The fourth-order valence-electron chi connectivity index (χ4n) is 2.41. The highest BCUT2D eigenvalue weighted by atomic mass is 16.5. The summed E-state index contributed by atoms with van der Waals surface area (Å²) in [6.07, 6.45) is 2.44. The Labute approximate surface area is 103 Å². The molecular formula is C13H21N3O. The number of ether oxygens (including phenoxy) is 1. The Kier molecular flexibility index (Phi) is 3.13. The molecule has 0 amide bonds. The molecule has 1 aromatic heterocycles. The van der Waals surface area contributed by atoms with Gasteiger partial charge in [-0.25, -0.2) is 0 Å². The van der Waals surface area contributed by atoms with Gasteiger partial charge in [-0.1, -0.05) is 13.8 Å².